The molecule has 0 saturated heterocycles. The molecule has 0 radical (unpaired) electrons. The number of hydrogen-bond donors (Lipinski definition) is 1. The number of amides is 1. The minimum Gasteiger partial charge on any atom is -0.454 e. The van der Waals surface area contributed by atoms with Crippen LogP contribution in [0.2, 0.25) is 0 Å². The van der Waals surface area contributed by atoms with Gasteiger partial charge >= 0.3 is 0 Å². The van der Waals surface area contributed by atoms with Crippen molar-refractivity contribution >= 4 is 51.1 Å². The molecule has 134 valence electrons. The maximum absolute atomic E-state index is 12.5. The average molecular weight is 396 g/mol. The van der Waals surface area contributed by atoms with Gasteiger partial charge < -0.3 is 9.47 Å². The minimum absolute atomic E-state index is 0.0244. The normalized spacial score (nSPS) is 19.4. The number of ether oxygens (including phenoxy) is 2. The summed E-state index contributed by atoms with van der Waals surface area (Å²) in [6.45, 7) is 0.185. The van der Waals surface area contributed by atoms with Crippen molar-refractivity contribution in [3.05, 3.63) is 51.7 Å². The van der Waals surface area contributed by atoms with Crippen LogP contribution in [-0.4, -0.2) is 33.8 Å². The predicted molar refractivity (Wildman–Crippen MR) is 106 cm³/mol. The van der Waals surface area contributed by atoms with Gasteiger partial charge in [0.05, 0.1) is 5.57 Å². The van der Waals surface area contributed by atoms with E-state index in [1.54, 1.807) is 29.5 Å². The summed E-state index contributed by atoms with van der Waals surface area (Å²) < 4.78 is 10.7. The predicted octanol–water partition coefficient (Wildman–Crippen LogP) is 3.34. The van der Waals surface area contributed by atoms with Gasteiger partial charge in [0.25, 0.3) is 5.91 Å². The molecule has 5 rings (SSSR count). The number of fused-ring (bicyclic) bond motifs is 2. The lowest BCUT2D eigenvalue weighted by atomic mass is 10.1. The molecule has 0 spiro atoms. The lowest BCUT2D eigenvalue weighted by molar-refractivity contribution is -0.114. The third kappa shape index (κ3) is 2.94. The van der Waals surface area contributed by atoms with Crippen LogP contribution in [0.3, 0.4) is 0 Å². The zero-order chi connectivity index (χ0) is 18.4. The van der Waals surface area contributed by atoms with E-state index in [0.29, 0.717) is 23.1 Å². The van der Waals surface area contributed by atoms with E-state index < -0.39 is 5.91 Å². The smallest absolute Gasteiger partial charge is 0.283 e. The molecule has 7 nitrogen and oxygen atoms in total. The van der Waals surface area contributed by atoms with E-state index in [1.165, 1.54) is 21.6 Å². The standard InChI is InChI=1S/C18H12N4O3S2/c19-16-12(6-10-3-4-13-14(7-10)25-9-24-13)17(23)20-18-22(16)21-15(27-18)8-11-2-1-5-26-11/h1-7,19H,8-9H2/b12-6-,19-16?. The number of carbonyl (C=O) groups is 1. The Morgan fingerprint density at radius 3 is 3.00 bits per heavy atom. The van der Waals surface area contributed by atoms with Crippen molar-refractivity contribution in [2.24, 2.45) is 10.1 Å². The number of hydrazone groups is 1. The van der Waals surface area contributed by atoms with E-state index in [-0.39, 0.29) is 18.2 Å². The van der Waals surface area contributed by atoms with Gasteiger partial charge in [0.15, 0.2) is 17.3 Å². The monoisotopic (exact) mass is 396 g/mol. The van der Waals surface area contributed by atoms with Gasteiger partial charge in [0.1, 0.15) is 5.04 Å². The van der Waals surface area contributed by atoms with Crippen molar-refractivity contribution in [3.63, 3.8) is 0 Å². The fourth-order valence-corrected chi connectivity index (χ4v) is 4.54. The van der Waals surface area contributed by atoms with Crippen LogP contribution >= 0.6 is 23.1 Å². The fraction of sp³-hybridized carbons (Fsp3) is 0.111. The molecule has 0 aliphatic carbocycles. The number of nitrogens with zero attached hydrogens (tertiary/aromatic N) is 3. The largest absolute Gasteiger partial charge is 0.454 e. The highest BCUT2D eigenvalue weighted by Crippen LogP contribution is 2.34. The van der Waals surface area contributed by atoms with Crippen LogP contribution in [0.4, 0.5) is 0 Å². The van der Waals surface area contributed by atoms with Gasteiger partial charge in [-0.1, -0.05) is 12.1 Å². The zero-order valence-corrected chi connectivity index (χ0v) is 15.5. The molecule has 1 aromatic carbocycles. The van der Waals surface area contributed by atoms with Gasteiger partial charge in [0, 0.05) is 11.3 Å². The number of rotatable bonds is 3. The summed E-state index contributed by atoms with van der Waals surface area (Å²) in [6, 6.07) is 9.39. The number of carbonyl (C=O) groups excluding carboxylic acids is 1. The first-order valence-corrected chi connectivity index (χ1v) is 9.78. The van der Waals surface area contributed by atoms with E-state index in [1.807, 2.05) is 23.6 Å². The third-order valence-corrected chi connectivity index (χ3v) is 5.89. The van der Waals surface area contributed by atoms with Crippen molar-refractivity contribution in [3.8, 4) is 11.5 Å². The molecule has 27 heavy (non-hydrogen) atoms. The van der Waals surface area contributed by atoms with Crippen molar-refractivity contribution < 1.29 is 14.3 Å². The van der Waals surface area contributed by atoms with E-state index in [9.17, 15) is 4.79 Å². The zero-order valence-electron chi connectivity index (χ0n) is 13.8. The van der Waals surface area contributed by atoms with Crippen LogP contribution in [-0.2, 0) is 11.2 Å². The number of amidine groups is 2. The summed E-state index contributed by atoms with van der Waals surface area (Å²) in [4.78, 5) is 17.8. The first-order chi connectivity index (χ1) is 13.2. The first kappa shape index (κ1) is 16.3. The van der Waals surface area contributed by atoms with Crippen molar-refractivity contribution in [2.45, 2.75) is 6.42 Å². The summed E-state index contributed by atoms with van der Waals surface area (Å²) in [7, 11) is 0. The second-order valence-corrected chi connectivity index (χ2v) is 7.96. The van der Waals surface area contributed by atoms with Crippen LogP contribution in [0.25, 0.3) is 6.08 Å². The summed E-state index contributed by atoms with van der Waals surface area (Å²) in [6.07, 6.45) is 2.30. The highest BCUT2D eigenvalue weighted by molar-refractivity contribution is 8.27. The number of nitrogens with one attached hydrogen (secondary N) is 1. The molecule has 1 amide bonds. The van der Waals surface area contributed by atoms with Crippen molar-refractivity contribution in [1.82, 2.24) is 5.01 Å². The van der Waals surface area contributed by atoms with Gasteiger partial charge in [-0.3, -0.25) is 10.2 Å². The second-order valence-electron chi connectivity index (χ2n) is 5.88. The maximum Gasteiger partial charge on any atom is 0.283 e. The van der Waals surface area contributed by atoms with Crippen molar-refractivity contribution in [1.29, 1.82) is 5.41 Å². The highest BCUT2D eigenvalue weighted by Gasteiger charge is 2.35. The molecule has 1 N–H and O–H groups in total. The summed E-state index contributed by atoms with van der Waals surface area (Å²) in [5, 5.41) is 17.6. The van der Waals surface area contributed by atoms with Crippen LogP contribution < -0.4 is 9.47 Å². The Labute approximate surface area is 162 Å². The molecule has 0 unspecified atom stereocenters. The molecule has 9 heteroatoms. The first-order valence-electron chi connectivity index (χ1n) is 8.08. The quantitative estimate of drug-likeness (QED) is 0.804. The molecular weight excluding hydrogens is 384 g/mol. The number of thioether (sulfide) groups is 1. The van der Waals surface area contributed by atoms with Gasteiger partial charge in [0.2, 0.25) is 12.0 Å². The summed E-state index contributed by atoms with van der Waals surface area (Å²) in [5.74, 6) is 0.873. The fourth-order valence-electron chi connectivity index (χ4n) is 2.83. The number of hydrogen-bond acceptors (Lipinski definition) is 7. The Hall–Kier alpha value is -2.91. The van der Waals surface area contributed by atoms with Crippen LogP contribution in [0, 0.1) is 5.41 Å². The number of thiophene rings is 1. The summed E-state index contributed by atoms with van der Waals surface area (Å²) in [5.41, 5.74) is 0.931. The number of benzene rings is 1. The van der Waals surface area contributed by atoms with Gasteiger partial charge in [-0.2, -0.15) is 15.1 Å². The second kappa shape index (κ2) is 6.36. The van der Waals surface area contributed by atoms with Gasteiger partial charge in [-0.25, -0.2) is 0 Å². The van der Waals surface area contributed by atoms with Crippen LogP contribution in [0.1, 0.15) is 10.4 Å². The molecule has 0 atom stereocenters. The van der Waals surface area contributed by atoms with Gasteiger partial charge in [-0.05, 0) is 47.0 Å². The van der Waals surface area contributed by atoms with Crippen LogP contribution in [0.5, 0.6) is 11.5 Å². The molecule has 3 aliphatic rings. The average Bonchev–Trinajstić information content (AvgIpc) is 3.39. The minimum atomic E-state index is -0.441. The topological polar surface area (TPSA) is 87.3 Å². The molecule has 0 bridgehead atoms. The van der Waals surface area contributed by atoms with E-state index >= 15 is 0 Å². The van der Waals surface area contributed by atoms with Crippen molar-refractivity contribution in [2.75, 3.05) is 6.79 Å². The molecule has 2 aromatic rings. The molecule has 0 fully saturated rings. The number of aliphatic imine (C=N–C) groups is 1. The molecule has 1 aromatic heterocycles. The lowest BCUT2D eigenvalue weighted by Crippen LogP contribution is -2.35. The Balaban J connectivity index is 1.44. The molecule has 4 heterocycles. The Morgan fingerprint density at radius 1 is 1.26 bits per heavy atom. The Morgan fingerprint density at radius 2 is 2.15 bits per heavy atom. The van der Waals surface area contributed by atoms with E-state index in [4.69, 9.17) is 14.9 Å². The molecular formula is C18H12N4O3S2. The Bertz CT molecular complexity index is 1060. The van der Waals surface area contributed by atoms with E-state index in [2.05, 4.69) is 10.1 Å². The molecule has 0 saturated carbocycles. The maximum atomic E-state index is 12.5. The van der Waals surface area contributed by atoms with Gasteiger partial charge in [-0.15, -0.1) is 11.3 Å². The third-order valence-electron chi connectivity index (χ3n) is 4.11. The SMILES string of the molecule is N=C1/C(=C/c2ccc3c(c2)OCO3)C(=O)N=C2SC(Cc3cccs3)=NN12. The highest BCUT2D eigenvalue weighted by atomic mass is 32.2. The lowest BCUT2D eigenvalue weighted by Gasteiger charge is -2.20. The van der Waals surface area contributed by atoms with E-state index in [0.717, 1.165) is 10.6 Å². The molecule has 3 aliphatic heterocycles. The van der Waals surface area contributed by atoms with Crippen LogP contribution in [0.15, 0.2) is 51.4 Å². The Kier molecular flexibility index (Phi) is 3.83. The summed E-state index contributed by atoms with van der Waals surface area (Å²) >= 11 is 2.98.